The lowest BCUT2D eigenvalue weighted by Gasteiger charge is -2.41. The van der Waals surface area contributed by atoms with E-state index in [2.05, 4.69) is 64.2 Å². The number of hydrogen-bond acceptors (Lipinski definition) is 4. The molecule has 0 saturated heterocycles. The highest BCUT2D eigenvalue weighted by Crippen LogP contribution is 2.43. The number of benzene rings is 2. The number of nitrogens with zero attached hydrogens (tertiary/aromatic N) is 1. The van der Waals surface area contributed by atoms with Crippen molar-refractivity contribution in [1.29, 1.82) is 0 Å². The maximum Gasteiger partial charge on any atom is 0.249 e. The molecule has 3 atom stereocenters. The number of nitrogens with two attached hydrogens (primary N) is 1. The van der Waals surface area contributed by atoms with Crippen LogP contribution in [0.1, 0.15) is 70.6 Å². The van der Waals surface area contributed by atoms with E-state index in [1.807, 2.05) is 35.2 Å². The number of carbonyl (C=O) groups excluding carboxylic acids is 2. The van der Waals surface area contributed by atoms with Crippen molar-refractivity contribution in [2.75, 3.05) is 19.6 Å². The molecule has 4 N–H and O–H groups in total. The van der Waals surface area contributed by atoms with Gasteiger partial charge in [0.1, 0.15) is 0 Å². The molecule has 1 aliphatic rings. The van der Waals surface area contributed by atoms with Gasteiger partial charge in [-0.1, -0.05) is 107 Å². The van der Waals surface area contributed by atoms with Gasteiger partial charge in [0.05, 0.1) is 11.5 Å². The van der Waals surface area contributed by atoms with Crippen LogP contribution >= 0.6 is 0 Å². The van der Waals surface area contributed by atoms with Crippen LogP contribution < -0.4 is 11.1 Å². The molecule has 1 unspecified atom stereocenters. The number of hydrogen-bond donors (Lipinski definition) is 3. The second-order valence-electron chi connectivity index (χ2n) is 12.4. The van der Waals surface area contributed by atoms with Gasteiger partial charge in [-0.25, -0.2) is 0 Å². The molecule has 222 valence electrons. The quantitative estimate of drug-likeness (QED) is 0.293. The van der Waals surface area contributed by atoms with Gasteiger partial charge in [0.2, 0.25) is 11.8 Å². The molecule has 2 aromatic rings. The standard InChI is InChI=1S/C35H49N3O3/c1-6-20-38(21-7-2)32(40)28-14-11-19-35(23-28,33(36)41)30(22-26-12-9-8-10-13-26)31(39)25-37-24-27-15-17-29(18-16-27)34(3,4)5/h8-19,30-31,37,39H,6-7,20-25H2,1-5H3,(H2,36,41)/t30-,31+,35?/m1/s1. The van der Waals surface area contributed by atoms with Crippen molar-refractivity contribution in [1.82, 2.24) is 10.2 Å². The van der Waals surface area contributed by atoms with Crippen LogP contribution in [-0.2, 0) is 28.0 Å². The van der Waals surface area contributed by atoms with Gasteiger partial charge in [-0.3, -0.25) is 9.59 Å². The first-order valence-electron chi connectivity index (χ1n) is 15.0. The molecule has 6 heteroatoms. The Morgan fingerprint density at radius 2 is 1.63 bits per heavy atom. The van der Waals surface area contributed by atoms with E-state index in [1.165, 1.54) is 5.56 Å². The van der Waals surface area contributed by atoms with E-state index < -0.39 is 23.3 Å². The number of rotatable bonds is 14. The van der Waals surface area contributed by atoms with E-state index in [9.17, 15) is 14.7 Å². The summed E-state index contributed by atoms with van der Waals surface area (Å²) >= 11 is 0. The first-order chi connectivity index (χ1) is 19.5. The largest absolute Gasteiger partial charge is 0.391 e. The van der Waals surface area contributed by atoms with Gasteiger partial charge in [-0.2, -0.15) is 0 Å². The van der Waals surface area contributed by atoms with Crippen LogP contribution in [0.4, 0.5) is 0 Å². The molecule has 0 fully saturated rings. The van der Waals surface area contributed by atoms with E-state index in [1.54, 1.807) is 18.2 Å². The summed E-state index contributed by atoms with van der Waals surface area (Å²) in [6.45, 7) is 12.9. The number of primary amides is 1. The van der Waals surface area contributed by atoms with Crippen molar-refractivity contribution in [3.8, 4) is 0 Å². The average Bonchev–Trinajstić information content (AvgIpc) is 2.95. The zero-order valence-corrected chi connectivity index (χ0v) is 25.5. The Balaban J connectivity index is 1.84. The van der Waals surface area contributed by atoms with Gasteiger partial charge in [0.15, 0.2) is 0 Å². The predicted molar refractivity (Wildman–Crippen MR) is 167 cm³/mol. The Morgan fingerprint density at radius 1 is 1.00 bits per heavy atom. The van der Waals surface area contributed by atoms with Gasteiger partial charge < -0.3 is 21.1 Å². The van der Waals surface area contributed by atoms with Crippen LogP contribution in [0, 0.1) is 11.3 Å². The Bertz CT molecular complexity index is 1190. The Morgan fingerprint density at radius 3 is 2.20 bits per heavy atom. The molecular weight excluding hydrogens is 510 g/mol. The van der Waals surface area contributed by atoms with E-state index in [4.69, 9.17) is 5.73 Å². The zero-order valence-electron chi connectivity index (χ0n) is 25.5. The molecule has 1 aliphatic carbocycles. The first kappa shape index (κ1) is 32.3. The first-order valence-corrected chi connectivity index (χ1v) is 15.0. The maximum atomic E-state index is 13.6. The molecule has 0 heterocycles. The molecule has 0 aromatic heterocycles. The minimum Gasteiger partial charge on any atom is -0.391 e. The number of carbonyl (C=O) groups is 2. The third-order valence-corrected chi connectivity index (χ3v) is 8.11. The van der Waals surface area contributed by atoms with Crippen molar-refractivity contribution in [2.45, 2.75) is 78.4 Å². The lowest BCUT2D eigenvalue weighted by molar-refractivity contribution is -0.132. The van der Waals surface area contributed by atoms with Crippen molar-refractivity contribution >= 4 is 11.8 Å². The molecule has 6 nitrogen and oxygen atoms in total. The third kappa shape index (κ3) is 8.40. The summed E-state index contributed by atoms with van der Waals surface area (Å²) in [5.41, 5.74) is 8.99. The number of amides is 2. The van der Waals surface area contributed by atoms with E-state index in [0.717, 1.165) is 24.0 Å². The van der Waals surface area contributed by atoms with Crippen LogP contribution in [0.15, 0.2) is 78.4 Å². The lowest BCUT2D eigenvalue weighted by atomic mass is 9.64. The second kappa shape index (κ2) is 14.6. The molecule has 0 spiro atoms. The van der Waals surface area contributed by atoms with Crippen molar-refractivity contribution < 1.29 is 14.7 Å². The summed E-state index contributed by atoms with van der Waals surface area (Å²) in [5, 5.41) is 15.0. The van der Waals surface area contributed by atoms with Crippen LogP contribution in [-0.4, -0.2) is 47.6 Å². The maximum absolute atomic E-state index is 13.6. The zero-order chi connectivity index (χ0) is 30.0. The summed E-state index contributed by atoms with van der Waals surface area (Å²) in [6.07, 6.45) is 6.83. The highest BCUT2D eigenvalue weighted by molar-refractivity contribution is 5.96. The SMILES string of the molecule is CCCN(CCC)C(=O)C1=CC=CC(C(N)=O)([C@H](Cc2ccccc2)[C@@H](O)CNCc2ccc(C(C)(C)C)cc2)C1. The topological polar surface area (TPSA) is 95.7 Å². The fraction of sp³-hybridized carbons (Fsp3) is 0.486. The predicted octanol–water partition coefficient (Wildman–Crippen LogP) is 5.30. The smallest absolute Gasteiger partial charge is 0.249 e. The van der Waals surface area contributed by atoms with Gasteiger partial charge in [-0.15, -0.1) is 0 Å². The van der Waals surface area contributed by atoms with Crippen molar-refractivity contribution in [3.05, 3.63) is 95.1 Å². The van der Waals surface area contributed by atoms with Crippen LogP contribution in [0.5, 0.6) is 0 Å². The molecular formula is C35H49N3O3. The average molecular weight is 560 g/mol. The molecule has 2 aromatic carbocycles. The van der Waals surface area contributed by atoms with E-state index >= 15 is 0 Å². The minimum atomic E-state index is -1.20. The molecule has 3 rings (SSSR count). The fourth-order valence-corrected chi connectivity index (χ4v) is 5.74. The third-order valence-electron chi connectivity index (χ3n) is 8.11. The van der Waals surface area contributed by atoms with Crippen molar-refractivity contribution in [3.63, 3.8) is 0 Å². The summed E-state index contributed by atoms with van der Waals surface area (Å²) in [6, 6.07) is 18.4. The summed E-state index contributed by atoms with van der Waals surface area (Å²) in [4.78, 5) is 28.7. The van der Waals surface area contributed by atoms with Crippen LogP contribution in [0.25, 0.3) is 0 Å². The van der Waals surface area contributed by atoms with Gasteiger partial charge in [0, 0.05) is 37.7 Å². The monoisotopic (exact) mass is 559 g/mol. The molecule has 0 aliphatic heterocycles. The molecule has 2 amide bonds. The minimum absolute atomic E-state index is 0.0616. The van der Waals surface area contributed by atoms with Crippen LogP contribution in [0.3, 0.4) is 0 Å². The Kier molecular flexibility index (Phi) is 11.5. The number of aliphatic hydroxyl groups excluding tert-OH is 1. The summed E-state index contributed by atoms with van der Waals surface area (Å²) in [7, 11) is 0. The van der Waals surface area contributed by atoms with Gasteiger partial charge >= 0.3 is 0 Å². The second-order valence-corrected chi connectivity index (χ2v) is 12.4. The van der Waals surface area contributed by atoms with Crippen LogP contribution in [0.2, 0.25) is 0 Å². The normalized spacial score (nSPS) is 18.4. The summed E-state index contributed by atoms with van der Waals surface area (Å²) < 4.78 is 0. The number of allylic oxidation sites excluding steroid dienone is 2. The highest BCUT2D eigenvalue weighted by atomic mass is 16.3. The van der Waals surface area contributed by atoms with E-state index in [0.29, 0.717) is 31.6 Å². The van der Waals surface area contributed by atoms with E-state index in [-0.39, 0.29) is 24.3 Å². The Hall–Kier alpha value is -3.22. The fourth-order valence-electron chi connectivity index (χ4n) is 5.74. The van der Waals surface area contributed by atoms with Gasteiger partial charge in [0.25, 0.3) is 0 Å². The molecule has 41 heavy (non-hydrogen) atoms. The molecule has 0 radical (unpaired) electrons. The number of aliphatic hydroxyl groups is 1. The number of nitrogens with one attached hydrogen (secondary N) is 1. The highest BCUT2D eigenvalue weighted by Gasteiger charge is 2.47. The lowest BCUT2D eigenvalue weighted by Crippen LogP contribution is -2.51. The van der Waals surface area contributed by atoms with Gasteiger partial charge in [-0.05, 0) is 47.8 Å². The van der Waals surface area contributed by atoms with Crippen molar-refractivity contribution in [2.24, 2.45) is 17.1 Å². The molecule has 0 bridgehead atoms. The Labute approximate surface area is 246 Å². The molecule has 0 saturated carbocycles. The summed E-state index contributed by atoms with van der Waals surface area (Å²) in [5.74, 6) is -1.12.